The van der Waals surface area contributed by atoms with E-state index in [1.165, 1.54) is 14.0 Å². The van der Waals surface area contributed by atoms with Crippen molar-refractivity contribution in [3.8, 4) is 5.75 Å². The van der Waals surface area contributed by atoms with E-state index in [9.17, 15) is 14.7 Å². The molecule has 0 amide bonds. The summed E-state index contributed by atoms with van der Waals surface area (Å²) in [6.07, 6.45) is 3.20. The number of carbonyl (C=O) groups is 2. The standard InChI is InChI=1S/C23H26N2O6/c1-4-13-10-25-18-8-16(13)21(20(28)29-3,11-30-12(2)26)22-9-19(25)31-23(18,22)24-17-7-14(27)5-6-15(17)22/h4-7,16,18-19,24,27H,8-11H2,1-3H3/b13-4-/t16-,18-,19-,21+,22-,23-/m0/s1. The van der Waals surface area contributed by atoms with E-state index in [1.54, 1.807) is 12.1 Å². The van der Waals surface area contributed by atoms with Gasteiger partial charge in [-0.15, -0.1) is 0 Å². The predicted octanol–water partition coefficient (Wildman–Crippen LogP) is 1.88. The van der Waals surface area contributed by atoms with Crippen molar-refractivity contribution in [2.75, 3.05) is 25.6 Å². The first-order valence-corrected chi connectivity index (χ1v) is 10.8. The number of phenolic OH excluding ortho intramolecular Hbond substituents is 1. The molecular formula is C23H26N2O6. The van der Waals surface area contributed by atoms with Crippen LogP contribution >= 0.6 is 0 Å². The van der Waals surface area contributed by atoms with Gasteiger partial charge in [-0.1, -0.05) is 17.7 Å². The van der Waals surface area contributed by atoms with E-state index >= 15 is 0 Å². The summed E-state index contributed by atoms with van der Waals surface area (Å²) in [6.45, 7) is 3.98. The van der Waals surface area contributed by atoms with E-state index in [2.05, 4.69) is 16.3 Å². The molecule has 8 heteroatoms. The smallest absolute Gasteiger partial charge is 0.317 e. The van der Waals surface area contributed by atoms with Crippen LogP contribution in [-0.2, 0) is 29.2 Å². The number of hydrogen-bond acceptors (Lipinski definition) is 8. The number of nitrogens with zero attached hydrogens (tertiary/aromatic N) is 1. The number of methoxy groups -OCH3 is 1. The minimum atomic E-state index is -1.15. The highest BCUT2D eigenvalue weighted by atomic mass is 16.6. The number of hydrogen-bond donors (Lipinski definition) is 2. The molecule has 4 aliphatic heterocycles. The molecule has 6 rings (SSSR count). The van der Waals surface area contributed by atoms with E-state index in [-0.39, 0.29) is 36.5 Å². The lowest BCUT2D eigenvalue weighted by Crippen LogP contribution is -2.78. The molecule has 8 nitrogen and oxygen atoms in total. The molecule has 0 radical (unpaired) electrons. The maximum absolute atomic E-state index is 13.8. The molecule has 4 fully saturated rings. The summed E-state index contributed by atoms with van der Waals surface area (Å²) in [4.78, 5) is 28.2. The topological polar surface area (TPSA) is 97.3 Å². The van der Waals surface area contributed by atoms with Crippen LogP contribution in [0.1, 0.15) is 32.3 Å². The van der Waals surface area contributed by atoms with Gasteiger partial charge in [-0.2, -0.15) is 0 Å². The Morgan fingerprint density at radius 1 is 1.42 bits per heavy atom. The van der Waals surface area contributed by atoms with Gasteiger partial charge in [-0.05, 0) is 25.0 Å². The Hall–Kier alpha value is -2.58. The average Bonchev–Trinajstić information content (AvgIpc) is 3.34. The second-order valence-corrected chi connectivity index (χ2v) is 9.36. The fraction of sp³-hybridized carbons (Fsp3) is 0.565. The summed E-state index contributed by atoms with van der Waals surface area (Å²) in [7, 11) is 1.39. The summed E-state index contributed by atoms with van der Waals surface area (Å²) >= 11 is 0. The summed E-state index contributed by atoms with van der Waals surface area (Å²) in [5, 5.41) is 13.7. The number of carbonyl (C=O) groups excluding carboxylic acids is 2. The number of rotatable bonds is 3. The number of anilines is 1. The fourth-order valence-corrected chi connectivity index (χ4v) is 7.56. The molecule has 0 aromatic heterocycles. The first-order valence-electron chi connectivity index (χ1n) is 10.8. The highest BCUT2D eigenvalue weighted by Crippen LogP contribution is 2.76. The zero-order chi connectivity index (χ0) is 21.8. The van der Waals surface area contributed by atoms with Crippen molar-refractivity contribution in [3.05, 3.63) is 35.4 Å². The van der Waals surface area contributed by atoms with Crippen LogP contribution in [0.2, 0.25) is 0 Å². The monoisotopic (exact) mass is 426 g/mol. The molecule has 4 heterocycles. The van der Waals surface area contributed by atoms with Crippen LogP contribution in [0, 0.1) is 11.3 Å². The van der Waals surface area contributed by atoms with Gasteiger partial charge in [0.05, 0.1) is 18.6 Å². The molecular weight excluding hydrogens is 400 g/mol. The van der Waals surface area contributed by atoms with Crippen molar-refractivity contribution >= 4 is 17.6 Å². The predicted molar refractivity (Wildman–Crippen MR) is 109 cm³/mol. The maximum Gasteiger partial charge on any atom is 0.317 e. The van der Waals surface area contributed by atoms with Crippen molar-refractivity contribution in [1.29, 1.82) is 0 Å². The molecule has 1 spiro atoms. The molecule has 3 saturated heterocycles. The Labute approximate surface area is 180 Å². The minimum Gasteiger partial charge on any atom is -0.508 e. The number of esters is 2. The second kappa shape index (κ2) is 5.81. The van der Waals surface area contributed by atoms with Crippen molar-refractivity contribution < 1.29 is 28.9 Å². The molecule has 164 valence electrons. The van der Waals surface area contributed by atoms with E-state index in [0.29, 0.717) is 19.4 Å². The number of phenols is 1. The van der Waals surface area contributed by atoms with Crippen molar-refractivity contribution in [2.45, 2.75) is 50.1 Å². The number of aromatic hydroxyl groups is 1. The molecule has 0 unspecified atom stereocenters. The lowest BCUT2D eigenvalue weighted by atomic mass is 9.42. The maximum atomic E-state index is 13.8. The van der Waals surface area contributed by atoms with Gasteiger partial charge in [0.2, 0.25) is 0 Å². The minimum absolute atomic E-state index is 0.0598. The Kier molecular flexibility index (Phi) is 3.58. The Morgan fingerprint density at radius 2 is 2.23 bits per heavy atom. The van der Waals surface area contributed by atoms with Gasteiger partial charge in [-0.25, -0.2) is 0 Å². The molecule has 31 heavy (non-hydrogen) atoms. The Bertz CT molecular complexity index is 1050. The third-order valence-electron chi connectivity index (χ3n) is 8.51. The Balaban J connectivity index is 1.69. The van der Waals surface area contributed by atoms with Crippen molar-refractivity contribution in [2.24, 2.45) is 11.3 Å². The van der Waals surface area contributed by atoms with Crippen LogP contribution in [0.5, 0.6) is 5.75 Å². The highest BCUT2D eigenvalue weighted by molar-refractivity contribution is 5.86. The van der Waals surface area contributed by atoms with Crippen LogP contribution in [0.4, 0.5) is 5.69 Å². The van der Waals surface area contributed by atoms with Crippen LogP contribution in [0.3, 0.4) is 0 Å². The number of benzene rings is 1. The number of fused-ring (bicyclic) bond motifs is 4. The summed E-state index contributed by atoms with van der Waals surface area (Å²) in [6, 6.07) is 5.27. The molecule has 2 N–H and O–H groups in total. The van der Waals surface area contributed by atoms with Gasteiger partial charge in [0.15, 0.2) is 5.72 Å². The SMILES string of the molecule is C/C=C1/CN2[C@@H]3C[C@@]45c6ccc(O)cc6N[C@]4(O3)[C@@H]2C[C@@H]1[C@]5(COC(C)=O)C(=O)OC. The number of piperidine rings is 2. The molecule has 1 aromatic carbocycles. The van der Waals surface area contributed by atoms with E-state index in [1.807, 2.05) is 13.0 Å². The van der Waals surface area contributed by atoms with Crippen LogP contribution < -0.4 is 5.32 Å². The first kappa shape index (κ1) is 19.1. The van der Waals surface area contributed by atoms with Gasteiger partial charge in [0, 0.05) is 37.6 Å². The third kappa shape index (κ3) is 1.87. The zero-order valence-corrected chi connectivity index (χ0v) is 17.8. The van der Waals surface area contributed by atoms with Gasteiger partial charge < -0.3 is 24.6 Å². The van der Waals surface area contributed by atoms with Gasteiger partial charge in [0.25, 0.3) is 0 Å². The molecule has 5 aliphatic rings. The third-order valence-corrected chi connectivity index (χ3v) is 8.51. The largest absolute Gasteiger partial charge is 0.508 e. The molecule has 6 atom stereocenters. The van der Waals surface area contributed by atoms with Crippen LogP contribution in [-0.4, -0.2) is 60.2 Å². The quantitative estimate of drug-likeness (QED) is 0.559. The molecule has 4 bridgehead atoms. The second-order valence-electron chi connectivity index (χ2n) is 9.36. The van der Waals surface area contributed by atoms with Crippen molar-refractivity contribution in [3.63, 3.8) is 0 Å². The van der Waals surface area contributed by atoms with E-state index < -0.39 is 22.5 Å². The molecule has 1 aliphatic carbocycles. The lowest BCUT2D eigenvalue weighted by molar-refractivity contribution is -0.196. The highest BCUT2D eigenvalue weighted by Gasteiger charge is 2.87. The van der Waals surface area contributed by atoms with E-state index in [4.69, 9.17) is 14.2 Å². The van der Waals surface area contributed by atoms with Gasteiger partial charge in [-0.3, -0.25) is 14.5 Å². The van der Waals surface area contributed by atoms with Crippen molar-refractivity contribution in [1.82, 2.24) is 4.90 Å². The van der Waals surface area contributed by atoms with Crippen LogP contribution in [0.25, 0.3) is 0 Å². The normalized spacial score (nSPS) is 42.3. The fourth-order valence-electron chi connectivity index (χ4n) is 7.56. The molecule has 1 aromatic rings. The summed E-state index contributed by atoms with van der Waals surface area (Å²) < 4.78 is 17.8. The van der Waals surface area contributed by atoms with Gasteiger partial charge in [0.1, 0.15) is 24.0 Å². The summed E-state index contributed by atoms with van der Waals surface area (Å²) in [5.41, 5.74) is 0.0158. The van der Waals surface area contributed by atoms with Gasteiger partial charge >= 0.3 is 11.9 Å². The molecule has 1 saturated carbocycles. The van der Waals surface area contributed by atoms with E-state index in [0.717, 1.165) is 16.8 Å². The van der Waals surface area contributed by atoms with Crippen LogP contribution in [0.15, 0.2) is 29.8 Å². The first-order chi connectivity index (χ1) is 14.8. The summed E-state index contributed by atoms with van der Waals surface area (Å²) in [5.74, 6) is -0.827. The number of allylic oxidation sites excluding steroid dienone is 1. The zero-order valence-electron chi connectivity index (χ0n) is 17.8. The number of ether oxygens (including phenoxy) is 3. The lowest BCUT2D eigenvalue weighted by Gasteiger charge is -2.64. The average molecular weight is 426 g/mol. The number of nitrogens with one attached hydrogen (secondary N) is 1. The Morgan fingerprint density at radius 3 is 2.94 bits per heavy atom.